The van der Waals surface area contributed by atoms with Crippen molar-refractivity contribution in [2.24, 2.45) is 5.92 Å². The minimum atomic E-state index is -0.318. The molecule has 0 fully saturated rings. The summed E-state index contributed by atoms with van der Waals surface area (Å²) in [7, 11) is 0. The highest BCUT2D eigenvalue weighted by molar-refractivity contribution is 5.63. The summed E-state index contributed by atoms with van der Waals surface area (Å²) in [6.07, 6.45) is 7.53. The average molecular weight is 230 g/mol. The Hall–Kier alpha value is -1.08. The van der Waals surface area contributed by atoms with Gasteiger partial charge in [0.15, 0.2) is 0 Å². The van der Waals surface area contributed by atoms with Gasteiger partial charge in [0.05, 0.1) is 6.10 Å². The predicted molar refractivity (Wildman–Crippen MR) is 72.9 cm³/mol. The fraction of sp³-hybridized carbons (Fsp3) is 0.500. The van der Waals surface area contributed by atoms with E-state index in [2.05, 4.69) is 45.1 Å². The standard InChI is InChI=1S/C16H22O/c1-4-5-6-13-9-10-14-11(2)7-8-12(3)15(14)16(13)17/h7-10,13,16-17H,4-6H2,1-3H3/t13-,16-/m1/s1. The Balaban J connectivity index is 2.34. The molecule has 0 heterocycles. The van der Waals surface area contributed by atoms with Gasteiger partial charge in [-0.2, -0.15) is 0 Å². The fourth-order valence-electron chi connectivity index (χ4n) is 2.70. The van der Waals surface area contributed by atoms with Gasteiger partial charge in [-0.25, -0.2) is 0 Å². The van der Waals surface area contributed by atoms with Crippen molar-refractivity contribution in [2.75, 3.05) is 0 Å². The largest absolute Gasteiger partial charge is 0.388 e. The van der Waals surface area contributed by atoms with Crippen molar-refractivity contribution in [3.63, 3.8) is 0 Å². The lowest BCUT2D eigenvalue weighted by atomic mass is 9.80. The van der Waals surface area contributed by atoms with Gasteiger partial charge in [0.2, 0.25) is 0 Å². The molecular weight excluding hydrogens is 208 g/mol. The van der Waals surface area contributed by atoms with E-state index in [4.69, 9.17) is 0 Å². The first-order chi connectivity index (χ1) is 8.15. The van der Waals surface area contributed by atoms with Crippen LogP contribution in [0.5, 0.6) is 0 Å². The molecule has 2 rings (SSSR count). The second-order valence-electron chi connectivity index (χ2n) is 5.14. The molecule has 1 aromatic carbocycles. The summed E-state index contributed by atoms with van der Waals surface area (Å²) in [6, 6.07) is 4.25. The highest BCUT2D eigenvalue weighted by atomic mass is 16.3. The Labute approximate surface area is 104 Å². The van der Waals surface area contributed by atoms with Crippen molar-refractivity contribution in [1.82, 2.24) is 0 Å². The first-order valence-electron chi connectivity index (χ1n) is 6.61. The molecule has 1 aliphatic rings. The van der Waals surface area contributed by atoms with E-state index in [1.807, 2.05) is 0 Å². The summed E-state index contributed by atoms with van der Waals surface area (Å²) >= 11 is 0. The van der Waals surface area contributed by atoms with Crippen molar-refractivity contribution in [3.8, 4) is 0 Å². The number of hydrogen-bond acceptors (Lipinski definition) is 1. The molecule has 0 radical (unpaired) electrons. The molecule has 0 aromatic heterocycles. The predicted octanol–water partition coefficient (Wildman–Crippen LogP) is 4.17. The van der Waals surface area contributed by atoms with Gasteiger partial charge < -0.3 is 5.11 Å². The summed E-state index contributed by atoms with van der Waals surface area (Å²) in [5, 5.41) is 10.5. The number of fused-ring (bicyclic) bond motifs is 1. The first kappa shape index (κ1) is 12.4. The Morgan fingerprint density at radius 3 is 2.59 bits per heavy atom. The van der Waals surface area contributed by atoms with Crippen molar-refractivity contribution >= 4 is 6.08 Å². The van der Waals surface area contributed by atoms with Crippen LogP contribution in [0, 0.1) is 19.8 Å². The van der Waals surface area contributed by atoms with Crippen molar-refractivity contribution in [2.45, 2.75) is 46.1 Å². The minimum Gasteiger partial charge on any atom is -0.388 e. The molecule has 0 bridgehead atoms. The maximum Gasteiger partial charge on any atom is 0.0861 e. The van der Waals surface area contributed by atoms with E-state index >= 15 is 0 Å². The van der Waals surface area contributed by atoms with Crippen LogP contribution in [-0.2, 0) is 0 Å². The van der Waals surface area contributed by atoms with E-state index in [-0.39, 0.29) is 6.10 Å². The molecule has 0 unspecified atom stereocenters. The Kier molecular flexibility index (Phi) is 3.68. The molecule has 0 spiro atoms. The van der Waals surface area contributed by atoms with Crippen LogP contribution in [0.25, 0.3) is 6.08 Å². The van der Waals surface area contributed by atoms with Gasteiger partial charge in [-0.3, -0.25) is 0 Å². The number of hydrogen-bond donors (Lipinski definition) is 1. The van der Waals surface area contributed by atoms with Crippen molar-refractivity contribution < 1.29 is 5.11 Å². The zero-order valence-corrected chi connectivity index (χ0v) is 11.0. The molecule has 0 amide bonds. The zero-order chi connectivity index (χ0) is 12.4. The van der Waals surface area contributed by atoms with Gasteiger partial charge in [0.25, 0.3) is 0 Å². The number of rotatable bonds is 3. The van der Waals surface area contributed by atoms with E-state index in [9.17, 15) is 5.11 Å². The van der Waals surface area contributed by atoms with Crippen LogP contribution in [-0.4, -0.2) is 5.11 Å². The highest BCUT2D eigenvalue weighted by Gasteiger charge is 2.25. The lowest BCUT2D eigenvalue weighted by Gasteiger charge is -2.28. The lowest BCUT2D eigenvalue weighted by molar-refractivity contribution is 0.123. The first-order valence-corrected chi connectivity index (χ1v) is 6.61. The van der Waals surface area contributed by atoms with E-state index in [0.717, 1.165) is 12.0 Å². The molecule has 1 aliphatic carbocycles. The lowest BCUT2D eigenvalue weighted by Crippen LogP contribution is -2.17. The molecular formula is C16H22O. The van der Waals surface area contributed by atoms with Gasteiger partial charge in [-0.05, 0) is 42.5 Å². The summed E-state index contributed by atoms with van der Waals surface area (Å²) in [5.41, 5.74) is 4.85. The molecule has 92 valence electrons. The van der Waals surface area contributed by atoms with E-state index in [1.165, 1.54) is 29.5 Å². The molecule has 0 saturated carbocycles. The molecule has 1 aromatic rings. The maximum absolute atomic E-state index is 10.5. The van der Waals surface area contributed by atoms with Crippen LogP contribution < -0.4 is 0 Å². The number of aliphatic hydroxyl groups is 1. The SMILES string of the molecule is CCCC[C@@H]1C=Cc2c(C)ccc(C)c2[C@@H]1O. The van der Waals surface area contributed by atoms with Crippen LogP contribution in [0.3, 0.4) is 0 Å². The van der Waals surface area contributed by atoms with E-state index in [0.29, 0.717) is 5.92 Å². The van der Waals surface area contributed by atoms with Gasteiger partial charge >= 0.3 is 0 Å². The monoisotopic (exact) mass is 230 g/mol. The Bertz CT molecular complexity index is 431. The Morgan fingerprint density at radius 1 is 1.18 bits per heavy atom. The number of aliphatic hydroxyl groups excluding tert-OH is 1. The third kappa shape index (κ3) is 2.30. The summed E-state index contributed by atoms with van der Waals surface area (Å²) in [4.78, 5) is 0. The highest BCUT2D eigenvalue weighted by Crippen LogP contribution is 2.38. The average Bonchev–Trinajstić information content (AvgIpc) is 2.32. The molecule has 0 aliphatic heterocycles. The quantitative estimate of drug-likeness (QED) is 0.826. The molecule has 2 atom stereocenters. The topological polar surface area (TPSA) is 20.2 Å². The van der Waals surface area contributed by atoms with Gasteiger partial charge in [0, 0.05) is 5.92 Å². The molecule has 1 nitrogen and oxygen atoms in total. The van der Waals surface area contributed by atoms with Crippen LogP contribution in [0.4, 0.5) is 0 Å². The molecule has 0 saturated heterocycles. The van der Waals surface area contributed by atoms with Crippen LogP contribution >= 0.6 is 0 Å². The number of unbranched alkanes of at least 4 members (excludes halogenated alkanes) is 1. The van der Waals surface area contributed by atoms with Gasteiger partial charge in [0.1, 0.15) is 0 Å². The number of aryl methyl sites for hydroxylation is 2. The number of benzene rings is 1. The summed E-state index contributed by atoms with van der Waals surface area (Å²) in [5.74, 6) is 0.294. The van der Waals surface area contributed by atoms with Gasteiger partial charge in [-0.1, -0.05) is 44.1 Å². The van der Waals surface area contributed by atoms with Crippen molar-refractivity contribution in [3.05, 3.63) is 40.5 Å². The maximum atomic E-state index is 10.5. The molecule has 1 N–H and O–H groups in total. The smallest absolute Gasteiger partial charge is 0.0861 e. The summed E-state index contributed by atoms with van der Waals surface area (Å²) in [6.45, 7) is 6.40. The fourth-order valence-corrected chi connectivity index (χ4v) is 2.70. The third-order valence-corrected chi connectivity index (χ3v) is 3.83. The van der Waals surface area contributed by atoms with E-state index in [1.54, 1.807) is 0 Å². The van der Waals surface area contributed by atoms with Crippen LogP contribution in [0.15, 0.2) is 18.2 Å². The van der Waals surface area contributed by atoms with Gasteiger partial charge in [-0.15, -0.1) is 0 Å². The third-order valence-electron chi connectivity index (χ3n) is 3.83. The summed E-state index contributed by atoms with van der Waals surface area (Å²) < 4.78 is 0. The normalized spacial score (nSPS) is 22.6. The zero-order valence-electron chi connectivity index (χ0n) is 11.0. The molecule has 17 heavy (non-hydrogen) atoms. The van der Waals surface area contributed by atoms with E-state index < -0.39 is 0 Å². The van der Waals surface area contributed by atoms with Crippen LogP contribution in [0.2, 0.25) is 0 Å². The van der Waals surface area contributed by atoms with Crippen molar-refractivity contribution in [1.29, 1.82) is 0 Å². The second kappa shape index (κ2) is 5.05. The van der Waals surface area contributed by atoms with Crippen LogP contribution in [0.1, 0.15) is 54.5 Å². The Morgan fingerprint density at radius 2 is 1.88 bits per heavy atom. The molecule has 1 heteroatoms. The second-order valence-corrected chi connectivity index (χ2v) is 5.14. The minimum absolute atomic E-state index is 0.294.